The van der Waals surface area contributed by atoms with Gasteiger partial charge in [0.15, 0.2) is 0 Å². The van der Waals surface area contributed by atoms with E-state index in [0.717, 1.165) is 43.5 Å². The summed E-state index contributed by atoms with van der Waals surface area (Å²) in [7, 11) is 0. The zero-order chi connectivity index (χ0) is 16.9. The molecule has 126 valence electrons. The van der Waals surface area contributed by atoms with Gasteiger partial charge in [-0.15, -0.1) is 0 Å². The lowest BCUT2D eigenvalue weighted by atomic mass is 9.84. The lowest BCUT2D eigenvalue weighted by Crippen LogP contribution is -2.49. The van der Waals surface area contributed by atoms with E-state index in [4.69, 9.17) is 0 Å². The van der Waals surface area contributed by atoms with Crippen LogP contribution in [-0.2, 0) is 11.2 Å². The molecule has 0 radical (unpaired) electrons. The fraction of sp³-hybridized carbons (Fsp3) is 0.632. The van der Waals surface area contributed by atoms with Crippen molar-refractivity contribution in [3.8, 4) is 5.75 Å². The van der Waals surface area contributed by atoms with Crippen LogP contribution in [0.5, 0.6) is 5.75 Å². The summed E-state index contributed by atoms with van der Waals surface area (Å²) < 4.78 is 0. The number of rotatable bonds is 2. The molecular formula is C19H28N2O2. The summed E-state index contributed by atoms with van der Waals surface area (Å²) in [6.07, 6.45) is 3.15. The van der Waals surface area contributed by atoms with E-state index in [1.807, 2.05) is 11.9 Å². The number of hydrogen-bond acceptors (Lipinski definition) is 3. The van der Waals surface area contributed by atoms with Crippen molar-refractivity contribution in [3.05, 3.63) is 28.3 Å². The molecule has 1 aliphatic carbocycles. The zero-order valence-corrected chi connectivity index (χ0v) is 14.9. The molecule has 2 aliphatic rings. The number of benzene rings is 1. The minimum atomic E-state index is -0.0910. The molecule has 0 saturated carbocycles. The van der Waals surface area contributed by atoms with Crippen LogP contribution in [0.4, 0.5) is 0 Å². The predicted molar refractivity (Wildman–Crippen MR) is 91.1 cm³/mol. The van der Waals surface area contributed by atoms with Crippen molar-refractivity contribution in [2.24, 2.45) is 5.41 Å². The van der Waals surface area contributed by atoms with Crippen molar-refractivity contribution in [3.63, 3.8) is 0 Å². The highest BCUT2D eigenvalue weighted by Crippen LogP contribution is 2.54. The van der Waals surface area contributed by atoms with Gasteiger partial charge in [0, 0.05) is 25.6 Å². The maximum absolute atomic E-state index is 12.5. The second kappa shape index (κ2) is 5.52. The van der Waals surface area contributed by atoms with Gasteiger partial charge in [-0.3, -0.25) is 9.80 Å². The minimum Gasteiger partial charge on any atom is -0.507 e. The SMILES string of the molecule is CC(=O)N(C1c2c(O)c(C)cc(C)c2CC1(C)C)N1CCCC1. The molecule has 0 spiro atoms. The Kier molecular flexibility index (Phi) is 3.91. The van der Waals surface area contributed by atoms with Gasteiger partial charge in [0.25, 0.3) is 0 Å². The standard InChI is InChI=1S/C19H28N2O2/c1-12-10-13(2)17(23)16-15(12)11-19(4,5)18(16)21(14(3)22)20-8-6-7-9-20/h10,18,23H,6-9,11H2,1-5H3. The summed E-state index contributed by atoms with van der Waals surface area (Å²) in [5, 5.41) is 14.9. The van der Waals surface area contributed by atoms with Crippen LogP contribution < -0.4 is 0 Å². The third-order valence-electron chi connectivity index (χ3n) is 5.46. The molecule has 23 heavy (non-hydrogen) atoms. The third-order valence-corrected chi connectivity index (χ3v) is 5.46. The van der Waals surface area contributed by atoms with Gasteiger partial charge in [-0.1, -0.05) is 19.9 Å². The van der Waals surface area contributed by atoms with Gasteiger partial charge < -0.3 is 5.11 Å². The van der Waals surface area contributed by atoms with Crippen molar-refractivity contribution >= 4 is 5.91 Å². The average Bonchev–Trinajstić information content (AvgIpc) is 3.04. The van der Waals surface area contributed by atoms with Gasteiger partial charge in [0.2, 0.25) is 5.91 Å². The second-order valence-electron chi connectivity index (χ2n) is 7.84. The Morgan fingerprint density at radius 1 is 1.26 bits per heavy atom. The normalized spacial score (nSPS) is 23.1. The Balaban J connectivity index is 2.16. The Labute approximate surface area is 139 Å². The van der Waals surface area contributed by atoms with Crippen LogP contribution >= 0.6 is 0 Å². The van der Waals surface area contributed by atoms with E-state index in [0.29, 0.717) is 5.75 Å². The van der Waals surface area contributed by atoms with Crippen LogP contribution in [0.15, 0.2) is 6.07 Å². The van der Waals surface area contributed by atoms with Crippen molar-refractivity contribution in [2.45, 2.75) is 59.9 Å². The summed E-state index contributed by atoms with van der Waals surface area (Å²) in [6.45, 7) is 12.0. The van der Waals surface area contributed by atoms with E-state index >= 15 is 0 Å². The summed E-state index contributed by atoms with van der Waals surface area (Å²) in [6, 6.07) is 1.97. The smallest absolute Gasteiger partial charge is 0.234 e. The van der Waals surface area contributed by atoms with Crippen molar-refractivity contribution in [2.75, 3.05) is 13.1 Å². The van der Waals surface area contributed by atoms with Gasteiger partial charge in [0.05, 0.1) is 6.04 Å². The fourth-order valence-corrected chi connectivity index (χ4v) is 4.43. The second-order valence-corrected chi connectivity index (χ2v) is 7.84. The molecule has 1 heterocycles. The molecule has 1 unspecified atom stereocenters. The first-order valence-corrected chi connectivity index (χ1v) is 8.60. The van der Waals surface area contributed by atoms with Gasteiger partial charge in [-0.05, 0) is 55.2 Å². The Bertz CT molecular complexity index is 645. The van der Waals surface area contributed by atoms with Gasteiger partial charge in [-0.25, -0.2) is 5.01 Å². The van der Waals surface area contributed by atoms with E-state index in [9.17, 15) is 9.90 Å². The summed E-state index contributed by atoms with van der Waals surface area (Å²) in [5.74, 6) is 0.433. The Morgan fingerprint density at radius 3 is 2.43 bits per heavy atom. The van der Waals surface area contributed by atoms with Gasteiger partial charge in [0.1, 0.15) is 5.75 Å². The fourth-order valence-electron chi connectivity index (χ4n) is 4.43. The Hall–Kier alpha value is -1.55. The van der Waals surface area contributed by atoms with Crippen molar-refractivity contribution < 1.29 is 9.90 Å². The lowest BCUT2D eigenvalue weighted by molar-refractivity contribution is -0.157. The number of carbonyl (C=O) groups excluding carboxylic acids is 1. The molecule has 1 aromatic rings. The van der Waals surface area contributed by atoms with Crippen LogP contribution in [0.3, 0.4) is 0 Å². The summed E-state index contributed by atoms with van der Waals surface area (Å²) in [4.78, 5) is 12.5. The topological polar surface area (TPSA) is 43.8 Å². The molecule has 1 aliphatic heterocycles. The zero-order valence-electron chi connectivity index (χ0n) is 14.9. The molecule has 1 amide bonds. The number of fused-ring (bicyclic) bond motifs is 1. The van der Waals surface area contributed by atoms with E-state index in [-0.39, 0.29) is 17.4 Å². The van der Waals surface area contributed by atoms with E-state index in [1.54, 1.807) is 6.92 Å². The molecule has 1 aromatic carbocycles. The minimum absolute atomic E-state index is 0.0661. The van der Waals surface area contributed by atoms with E-state index < -0.39 is 0 Å². The molecule has 4 heteroatoms. The monoisotopic (exact) mass is 316 g/mol. The highest BCUT2D eigenvalue weighted by Gasteiger charge is 2.48. The largest absolute Gasteiger partial charge is 0.507 e. The number of amides is 1. The first-order chi connectivity index (χ1) is 10.7. The lowest BCUT2D eigenvalue weighted by Gasteiger charge is -2.42. The molecule has 3 rings (SSSR count). The number of nitrogens with zero attached hydrogens (tertiary/aromatic N) is 2. The molecule has 0 bridgehead atoms. The van der Waals surface area contributed by atoms with Gasteiger partial charge in [-0.2, -0.15) is 0 Å². The van der Waals surface area contributed by atoms with E-state index in [1.165, 1.54) is 11.1 Å². The van der Waals surface area contributed by atoms with Crippen molar-refractivity contribution in [1.82, 2.24) is 10.0 Å². The number of phenolic OH excluding ortho intramolecular Hbond substituents is 1. The first-order valence-electron chi connectivity index (χ1n) is 8.60. The number of aryl methyl sites for hydroxylation is 2. The van der Waals surface area contributed by atoms with Crippen LogP contribution in [0.2, 0.25) is 0 Å². The van der Waals surface area contributed by atoms with Crippen molar-refractivity contribution in [1.29, 1.82) is 0 Å². The van der Waals surface area contributed by atoms with E-state index in [2.05, 4.69) is 31.8 Å². The predicted octanol–water partition coefficient (Wildman–Crippen LogP) is 3.49. The quantitative estimate of drug-likeness (QED) is 0.908. The maximum Gasteiger partial charge on any atom is 0.234 e. The summed E-state index contributed by atoms with van der Waals surface area (Å²) >= 11 is 0. The number of carbonyl (C=O) groups is 1. The van der Waals surface area contributed by atoms with Crippen LogP contribution in [-0.4, -0.2) is 34.1 Å². The molecule has 4 nitrogen and oxygen atoms in total. The number of hydrazine groups is 1. The molecule has 0 aromatic heterocycles. The maximum atomic E-state index is 12.5. The molecule has 1 saturated heterocycles. The number of aromatic hydroxyl groups is 1. The number of hydrogen-bond donors (Lipinski definition) is 1. The van der Waals surface area contributed by atoms with Crippen LogP contribution in [0.1, 0.15) is 61.9 Å². The summed E-state index contributed by atoms with van der Waals surface area (Å²) in [5.41, 5.74) is 4.21. The van der Waals surface area contributed by atoms with Crippen LogP contribution in [0.25, 0.3) is 0 Å². The molecule has 1 fully saturated rings. The molecular weight excluding hydrogens is 288 g/mol. The average molecular weight is 316 g/mol. The van der Waals surface area contributed by atoms with Gasteiger partial charge >= 0.3 is 0 Å². The highest BCUT2D eigenvalue weighted by atomic mass is 16.3. The first kappa shape index (κ1) is 16.3. The highest BCUT2D eigenvalue weighted by molar-refractivity contribution is 5.74. The number of phenols is 1. The van der Waals surface area contributed by atoms with Crippen LogP contribution in [0, 0.1) is 19.3 Å². The molecule has 1 N–H and O–H groups in total. The third kappa shape index (κ3) is 2.53. The Morgan fingerprint density at radius 2 is 1.87 bits per heavy atom. The molecule has 1 atom stereocenters.